The molecule has 0 saturated carbocycles. The van der Waals surface area contributed by atoms with Crippen LogP contribution in [0.5, 0.6) is 0 Å². The minimum Gasteiger partial charge on any atom is -0.444 e. The van der Waals surface area contributed by atoms with Gasteiger partial charge in [0.2, 0.25) is 5.91 Å². The largest absolute Gasteiger partial charge is 0.444 e. The Morgan fingerprint density at radius 2 is 1.96 bits per heavy atom. The van der Waals surface area contributed by atoms with Crippen molar-refractivity contribution < 1.29 is 14.3 Å². The van der Waals surface area contributed by atoms with Crippen molar-refractivity contribution in [2.45, 2.75) is 45.6 Å². The Morgan fingerprint density at radius 1 is 1.22 bits per heavy atom. The lowest BCUT2D eigenvalue weighted by atomic mass is 9.96. The van der Waals surface area contributed by atoms with E-state index < -0.39 is 5.60 Å². The molecule has 8 nitrogen and oxygen atoms in total. The zero-order chi connectivity index (χ0) is 19.4. The van der Waals surface area contributed by atoms with Gasteiger partial charge in [0.1, 0.15) is 11.4 Å². The van der Waals surface area contributed by atoms with Gasteiger partial charge in [-0.1, -0.05) is 6.07 Å². The van der Waals surface area contributed by atoms with Crippen LogP contribution >= 0.6 is 0 Å². The van der Waals surface area contributed by atoms with Crippen LogP contribution in [0.15, 0.2) is 24.4 Å². The number of fused-ring (bicyclic) bond motifs is 1. The van der Waals surface area contributed by atoms with Gasteiger partial charge >= 0.3 is 6.09 Å². The summed E-state index contributed by atoms with van der Waals surface area (Å²) >= 11 is 0. The van der Waals surface area contributed by atoms with Crippen molar-refractivity contribution in [3.8, 4) is 0 Å². The summed E-state index contributed by atoms with van der Waals surface area (Å²) in [5.41, 5.74) is 0.297. The fourth-order valence-corrected chi connectivity index (χ4v) is 3.15. The summed E-state index contributed by atoms with van der Waals surface area (Å²) < 4.78 is 7.31. The monoisotopic (exact) mass is 373 g/mol. The quantitative estimate of drug-likeness (QED) is 0.886. The first kappa shape index (κ1) is 19.1. The van der Waals surface area contributed by atoms with Crippen LogP contribution in [0.2, 0.25) is 0 Å². The number of rotatable bonds is 4. The molecular weight excluding hydrogens is 346 g/mol. The van der Waals surface area contributed by atoms with E-state index >= 15 is 0 Å². The number of nitrogens with zero attached hydrogens (tertiary/aromatic N) is 4. The lowest BCUT2D eigenvalue weighted by Gasteiger charge is -2.32. The third-order valence-corrected chi connectivity index (χ3v) is 4.55. The van der Waals surface area contributed by atoms with Crippen LogP contribution in [-0.2, 0) is 16.0 Å². The van der Waals surface area contributed by atoms with Gasteiger partial charge in [-0.05, 0) is 45.7 Å². The maximum absolute atomic E-state index is 12.4. The van der Waals surface area contributed by atoms with Crippen LogP contribution in [0.25, 0.3) is 5.65 Å². The smallest absolute Gasteiger partial charge is 0.410 e. The Bertz CT molecular complexity index is 803. The van der Waals surface area contributed by atoms with E-state index in [0.717, 1.165) is 11.5 Å². The van der Waals surface area contributed by atoms with Crippen LogP contribution in [0.1, 0.15) is 39.4 Å². The Kier molecular flexibility index (Phi) is 5.62. The summed E-state index contributed by atoms with van der Waals surface area (Å²) in [6, 6.07) is 5.74. The molecule has 2 aromatic rings. The van der Waals surface area contributed by atoms with Gasteiger partial charge in [0.25, 0.3) is 0 Å². The molecule has 0 aromatic carbocycles. The van der Waals surface area contributed by atoms with Gasteiger partial charge in [0, 0.05) is 38.2 Å². The maximum Gasteiger partial charge on any atom is 0.410 e. The predicted molar refractivity (Wildman–Crippen MR) is 100 cm³/mol. The molecule has 0 atom stereocenters. The molecule has 0 radical (unpaired) electrons. The van der Waals surface area contributed by atoms with E-state index in [2.05, 4.69) is 15.5 Å². The fourth-order valence-electron chi connectivity index (χ4n) is 3.15. The van der Waals surface area contributed by atoms with E-state index in [-0.39, 0.29) is 17.9 Å². The van der Waals surface area contributed by atoms with E-state index in [4.69, 9.17) is 4.74 Å². The number of pyridine rings is 1. The summed E-state index contributed by atoms with van der Waals surface area (Å²) in [5, 5.41) is 11.3. The highest BCUT2D eigenvalue weighted by molar-refractivity contribution is 5.79. The Labute approximate surface area is 158 Å². The Balaban J connectivity index is 1.43. The normalized spacial score (nSPS) is 15.7. The number of carbonyl (C=O) groups excluding carboxylic acids is 2. The SMILES string of the molecule is CC(C)(C)OC(=O)N1CCC(C(=O)NCCc2nnc3ccccn23)CC1. The molecule has 1 N–H and O–H groups in total. The number of piperidine rings is 1. The van der Waals surface area contributed by atoms with Crippen molar-refractivity contribution in [3.05, 3.63) is 30.2 Å². The molecule has 27 heavy (non-hydrogen) atoms. The van der Waals surface area contributed by atoms with Crippen LogP contribution in [-0.4, -0.2) is 56.7 Å². The van der Waals surface area contributed by atoms with Crippen LogP contribution in [0, 0.1) is 5.92 Å². The molecule has 1 aliphatic rings. The maximum atomic E-state index is 12.4. The van der Waals surface area contributed by atoms with E-state index in [1.807, 2.05) is 49.6 Å². The molecule has 2 amide bonds. The van der Waals surface area contributed by atoms with Gasteiger partial charge < -0.3 is 15.0 Å². The first-order chi connectivity index (χ1) is 12.8. The molecule has 1 saturated heterocycles. The highest BCUT2D eigenvalue weighted by atomic mass is 16.6. The number of hydrogen-bond donors (Lipinski definition) is 1. The second kappa shape index (κ2) is 7.94. The third-order valence-electron chi connectivity index (χ3n) is 4.55. The highest BCUT2D eigenvalue weighted by Gasteiger charge is 2.29. The molecule has 2 aromatic heterocycles. The van der Waals surface area contributed by atoms with Crippen LogP contribution in [0.3, 0.4) is 0 Å². The number of ether oxygens (including phenoxy) is 1. The second-order valence-corrected chi connectivity index (χ2v) is 7.83. The number of nitrogens with one attached hydrogen (secondary N) is 1. The van der Waals surface area contributed by atoms with Gasteiger partial charge in [-0.2, -0.15) is 0 Å². The number of likely N-dealkylation sites (tertiary alicyclic amines) is 1. The van der Waals surface area contributed by atoms with Gasteiger partial charge in [0.15, 0.2) is 5.65 Å². The standard InChI is InChI=1S/C19H27N5O3/c1-19(2,3)27-18(26)23-12-8-14(9-13-23)17(25)20-10-7-16-22-21-15-6-4-5-11-24(15)16/h4-6,11,14H,7-10,12-13H2,1-3H3,(H,20,25). The number of carbonyl (C=O) groups is 2. The van der Waals surface area contributed by atoms with Gasteiger partial charge in [-0.25, -0.2) is 4.79 Å². The molecule has 0 aliphatic carbocycles. The average molecular weight is 373 g/mol. The number of aromatic nitrogens is 3. The van der Waals surface area contributed by atoms with Crippen molar-refractivity contribution in [1.29, 1.82) is 0 Å². The van der Waals surface area contributed by atoms with E-state index in [1.165, 1.54) is 0 Å². The highest BCUT2D eigenvalue weighted by Crippen LogP contribution is 2.19. The number of amides is 2. The minimum atomic E-state index is -0.503. The van der Waals surface area contributed by atoms with Gasteiger partial charge in [-0.3, -0.25) is 9.20 Å². The second-order valence-electron chi connectivity index (χ2n) is 7.83. The zero-order valence-corrected chi connectivity index (χ0v) is 16.1. The van der Waals surface area contributed by atoms with Crippen LogP contribution < -0.4 is 5.32 Å². The molecule has 1 fully saturated rings. The predicted octanol–water partition coefficient (Wildman–Crippen LogP) is 2.04. The first-order valence-electron chi connectivity index (χ1n) is 9.38. The minimum absolute atomic E-state index is 0.0349. The summed E-state index contributed by atoms with van der Waals surface area (Å²) in [7, 11) is 0. The molecule has 0 spiro atoms. The van der Waals surface area contributed by atoms with Crippen molar-refractivity contribution >= 4 is 17.6 Å². The topological polar surface area (TPSA) is 88.8 Å². The Morgan fingerprint density at radius 3 is 2.67 bits per heavy atom. The third kappa shape index (κ3) is 4.96. The molecule has 0 unspecified atom stereocenters. The zero-order valence-electron chi connectivity index (χ0n) is 16.1. The van der Waals surface area contributed by atoms with E-state index in [9.17, 15) is 9.59 Å². The molecule has 0 bridgehead atoms. The number of hydrogen-bond acceptors (Lipinski definition) is 5. The van der Waals surface area contributed by atoms with Gasteiger partial charge in [-0.15, -0.1) is 10.2 Å². The lowest BCUT2D eigenvalue weighted by molar-refractivity contribution is -0.126. The molecule has 3 rings (SSSR count). The average Bonchev–Trinajstić information content (AvgIpc) is 3.04. The van der Waals surface area contributed by atoms with Crippen molar-refractivity contribution in [2.24, 2.45) is 5.92 Å². The molecule has 8 heteroatoms. The van der Waals surface area contributed by atoms with Crippen molar-refractivity contribution in [2.75, 3.05) is 19.6 Å². The summed E-state index contributed by atoms with van der Waals surface area (Å²) in [6.07, 6.45) is 3.53. The van der Waals surface area contributed by atoms with Crippen molar-refractivity contribution in [1.82, 2.24) is 24.8 Å². The van der Waals surface area contributed by atoms with E-state index in [1.54, 1.807) is 4.90 Å². The van der Waals surface area contributed by atoms with Gasteiger partial charge in [0.05, 0.1) is 0 Å². The molecule has 3 heterocycles. The molecule has 146 valence electrons. The summed E-state index contributed by atoms with van der Waals surface area (Å²) in [5.74, 6) is 0.789. The molecule has 1 aliphatic heterocycles. The van der Waals surface area contributed by atoms with E-state index in [0.29, 0.717) is 38.9 Å². The first-order valence-corrected chi connectivity index (χ1v) is 9.38. The van der Waals surface area contributed by atoms with Crippen molar-refractivity contribution in [3.63, 3.8) is 0 Å². The summed E-state index contributed by atoms with van der Waals surface area (Å²) in [4.78, 5) is 26.2. The molecular formula is C19H27N5O3. The lowest BCUT2D eigenvalue weighted by Crippen LogP contribution is -2.45. The summed E-state index contributed by atoms with van der Waals surface area (Å²) in [6.45, 7) is 7.15. The van der Waals surface area contributed by atoms with Crippen LogP contribution in [0.4, 0.5) is 4.79 Å². The Hall–Kier alpha value is -2.64. The fraction of sp³-hybridized carbons (Fsp3) is 0.579.